The average molecular weight is 365 g/mol. The van der Waals surface area contributed by atoms with Crippen molar-refractivity contribution >= 4 is 22.0 Å². The maximum Gasteiger partial charge on any atom is 0.231 e. The number of fused-ring (bicyclic) bond motifs is 3. The largest absolute Gasteiger partial charge is 0.454 e. The van der Waals surface area contributed by atoms with Crippen LogP contribution in [-0.4, -0.2) is 25.8 Å². The zero-order chi connectivity index (χ0) is 14.8. The Morgan fingerprint density at radius 2 is 1.59 bits per heavy atom. The lowest BCUT2D eigenvalue weighted by atomic mass is 9.69. The Kier molecular flexibility index (Phi) is 2.74. The molecule has 2 aliphatic carbocycles. The molecule has 0 aromatic heterocycles. The number of hydrogen-bond acceptors (Lipinski definition) is 4. The molecule has 2 fully saturated rings. The number of hydrogen-bond donors (Lipinski definition) is 0. The van der Waals surface area contributed by atoms with Crippen molar-refractivity contribution in [3.05, 3.63) is 27.7 Å². The Morgan fingerprint density at radius 3 is 2.32 bits per heavy atom. The van der Waals surface area contributed by atoms with Crippen molar-refractivity contribution in [1.29, 1.82) is 0 Å². The van der Waals surface area contributed by atoms with Crippen LogP contribution in [0.1, 0.15) is 36.8 Å². The summed E-state index contributed by atoms with van der Waals surface area (Å²) >= 11 is 3.82. The minimum atomic E-state index is -0.336. The van der Waals surface area contributed by atoms with Gasteiger partial charge in [-0.2, -0.15) is 0 Å². The number of rotatable bonds is 0. The second-order valence-corrected chi connectivity index (χ2v) is 7.33. The van der Waals surface area contributed by atoms with E-state index in [-0.39, 0.29) is 11.2 Å². The van der Waals surface area contributed by atoms with Gasteiger partial charge < -0.3 is 18.9 Å². The van der Waals surface area contributed by atoms with E-state index in [0.29, 0.717) is 6.79 Å². The second kappa shape index (κ2) is 4.49. The van der Waals surface area contributed by atoms with Crippen LogP contribution in [0.2, 0.25) is 0 Å². The highest BCUT2D eigenvalue weighted by Gasteiger charge is 2.50. The predicted octanol–water partition coefficient (Wildman–Crippen LogP) is 3.72. The molecule has 4 nitrogen and oxygen atoms in total. The third-order valence-electron chi connectivity index (χ3n) is 5.48. The molecule has 116 valence electrons. The van der Waals surface area contributed by atoms with Crippen LogP contribution in [-0.2, 0) is 14.9 Å². The molecule has 0 atom stereocenters. The van der Waals surface area contributed by atoms with E-state index < -0.39 is 0 Å². The van der Waals surface area contributed by atoms with Crippen LogP contribution in [0.5, 0.6) is 11.5 Å². The maximum absolute atomic E-state index is 5.88. The van der Waals surface area contributed by atoms with Crippen LogP contribution in [0, 0.1) is 0 Å². The summed E-state index contributed by atoms with van der Waals surface area (Å²) < 4.78 is 24.1. The van der Waals surface area contributed by atoms with Crippen LogP contribution >= 0.6 is 15.9 Å². The molecule has 5 rings (SSSR count). The van der Waals surface area contributed by atoms with E-state index in [1.807, 2.05) is 0 Å². The third kappa shape index (κ3) is 1.70. The standard InChI is InChI=1S/C17H17BrO4/c18-15-8-11-7-13-14(20-10-19-13)9-12(11)16(15)1-3-17(4-2-16)21-5-6-22-17/h7-9H,1-6,10H2. The summed E-state index contributed by atoms with van der Waals surface area (Å²) in [6.07, 6.45) is 6.15. The lowest BCUT2D eigenvalue weighted by molar-refractivity contribution is -0.182. The fourth-order valence-electron chi connectivity index (χ4n) is 4.25. The van der Waals surface area contributed by atoms with Gasteiger partial charge in [0.15, 0.2) is 17.3 Å². The molecule has 2 aliphatic heterocycles. The highest BCUT2D eigenvalue weighted by Crippen LogP contribution is 2.57. The molecule has 1 saturated carbocycles. The minimum Gasteiger partial charge on any atom is -0.454 e. The monoisotopic (exact) mass is 364 g/mol. The molecule has 2 heterocycles. The second-order valence-electron chi connectivity index (χ2n) is 6.47. The van der Waals surface area contributed by atoms with Crippen LogP contribution in [0.15, 0.2) is 16.6 Å². The molecule has 0 N–H and O–H groups in total. The van der Waals surface area contributed by atoms with Gasteiger partial charge in [-0.3, -0.25) is 0 Å². The quantitative estimate of drug-likeness (QED) is 0.702. The van der Waals surface area contributed by atoms with Gasteiger partial charge in [0, 0.05) is 22.7 Å². The van der Waals surface area contributed by atoms with Crippen molar-refractivity contribution in [3.8, 4) is 11.5 Å². The number of halogens is 1. The van der Waals surface area contributed by atoms with E-state index in [4.69, 9.17) is 18.9 Å². The minimum absolute atomic E-state index is 0.0386. The van der Waals surface area contributed by atoms with Crippen molar-refractivity contribution < 1.29 is 18.9 Å². The summed E-state index contributed by atoms with van der Waals surface area (Å²) in [6, 6.07) is 4.26. The molecule has 1 saturated heterocycles. The van der Waals surface area contributed by atoms with E-state index in [9.17, 15) is 0 Å². The van der Waals surface area contributed by atoms with Gasteiger partial charge in [0.1, 0.15) is 0 Å². The van der Waals surface area contributed by atoms with E-state index in [0.717, 1.165) is 50.4 Å². The molecule has 1 aromatic carbocycles. The van der Waals surface area contributed by atoms with Gasteiger partial charge in [-0.25, -0.2) is 0 Å². The van der Waals surface area contributed by atoms with Gasteiger partial charge in [0.05, 0.1) is 13.2 Å². The molecule has 4 aliphatic rings. The van der Waals surface area contributed by atoms with Crippen molar-refractivity contribution in [3.63, 3.8) is 0 Å². The topological polar surface area (TPSA) is 36.9 Å². The van der Waals surface area contributed by atoms with Crippen molar-refractivity contribution in [2.24, 2.45) is 0 Å². The molecule has 0 radical (unpaired) electrons. The SMILES string of the molecule is BrC1=Cc2cc3c(cc2C12CCC1(CC2)OCCO1)OCO3. The van der Waals surface area contributed by atoms with E-state index >= 15 is 0 Å². The number of benzene rings is 1. The summed E-state index contributed by atoms with van der Waals surface area (Å²) in [6.45, 7) is 1.76. The highest BCUT2D eigenvalue weighted by atomic mass is 79.9. The van der Waals surface area contributed by atoms with Gasteiger partial charge in [-0.1, -0.05) is 15.9 Å². The van der Waals surface area contributed by atoms with Gasteiger partial charge in [0.2, 0.25) is 6.79 Å². The zero-order valence-corrected chi connectivity index (χ0v) is 13.8. The van der Waals surface area contributed by atoms with Crippen molar-refractivity contribution in [2.75, 3.05) is 20.0 Å². The van der Waals surface area contributed by atoms with E-state index in [2.05, 4.69) is 34.1 Å². The van der Waals surface area contributed by atoms with Gasteiger partial charge in [0.25, 0.3) is 0 Å². The maximum atomic E-state index is 5.88. The molecular formula is C17H17BrO4. The molecule has 0 bridgehead atoms. The van der Waals surface area contributed by atoms with E-state index in [1.54, 1.807) is 0 Å². The zero-order valence-electron chi connectivity index (χ0n) is 12.2. The first kappa shape index (κ1) is 13.4. The number of allylic oxidation sites excluding steroid dienone is 1. The summed E-state index contributed by atoms with van der Waals surface area (Å²) in [7, 11) is 0. The van der Waals surface area contributed by atoms with Crippen LogP contribution < -0.4 is 9.47 Å². The first-order chi connectivity index (χ1) is 10.7. The van der Waals surface area contributed by atoms with E-state index in [1.165, 1.54) is 15.6 Å². The molecule has 22 heavy (non-hydrogen) atoms. The lowest BCUT2D eigenvalue weighted by Gasteiger charge is -2.42. The Morgan fingerprint density at radius 1 is 0.909 bits per heavy atom. The fraction of sp³-hybridized carbons (Fsp3) is 0.529. The summed E-state index contributed by atoms with van der Waals surface area (Å²) in [5.74, 6) is 1.38. The molecule has 2 spiro atoms. The summed E-state index contributed by atoms with van der Waals surface area (Å²) in [4.78, 5) is 0. The predicted molar refractivity (Wildman–Crippen MR) is 84.3 cm³/mol. The van der Waals surface area contributed by atoms with Crippen LogP contribution in [0.3, 0.4) is 0 Å². The third-order valence-corrected chi connectivity index (χ3v) is 6.47. The van der Waals surface area contributed by atoms with Crippen LogP contribution in [0.4, 0.5) is 0 Å². The molecule has 1 aromatic rings. The molecular weight excluding hydrogens is 348 g/mol. The molecule has 0 amide bonds. The van der Waals surface area contributed by atoms with Crippen molar-refractivity contribution in [2.45, 2.75) is 36.9 Å². The lowest BCUT2D eigenvalue weighted by Crippen LogP contribution is -2.41. The normalized spacial score (nSPS) is 26.5. The van der Waals surface area contributed by atoms with Gasteiger partial charge in [-0.05, 0) is 42.2 Å². The Hall–Kier alpha value is -1.04. The Balaban J connectivity index is 1.53. The summed E-state index contributed by atoms with van der Waals surface area (Å²) in [5.41, 5.74) is 2.62. The first-order valence-corrected chi connectivity index (χ1v) is 8.60. The fourth-order valence-corrected chi connectivity index (χ4v) is 5.10. The van der Waals surface area contributed by atoms with Gasteiger partial charge >= 0.3 is 0 Å². The average Bonchev–Trinajstić information content (AvgIpc) is 3.21. The first-order valence-electron chi connectivity index (χ1n) is 7.81. The molecule has 5 heteroatoms. The number of ether oxygens (including phenoxy) is 4. The Labute approximate surface area is 137 Å². The van der Waals surface area contributed by atoms with Crippen LogP contribution in [0.25, 0.3) is 6.08 Å². The molecule has 0 unspecified atom stereocenters. The van der Waals surface area contributed by atoms with Crippen molar-refractivity contribution in [1.82, 2.24) is 0 Å². The summed E-state index contributed by atoms with van der Waals surface area (Å²) in [5, 5.41) is 0. The smallest absolute Gasteiger partial charge is 0.231 e. The van der Waals surface area contributed by atoms with Gasteiger partial charge in [-0.15, -0.1) is 0 Å². The highest BCUT2D eigenvalue weighted by molar-refractivity contribution is 9.11. The Bertz CT molecular complexity index is 665.